The second-order valence-electron chi connectivity index (χ2n) is 2.90. The van der Waals surface area contributed by atoms with Crippen molar-refractivity contribution in [1.29, 1.82) is 0 Å². The zero-order valence-corrected chi connectivity index (χ0v) is 7.90. The Kier molecular flexibility index (Phi) is 4.68. The molecule has 0 saturated carbocycles. The minimum Gasteiger partial charge on any atom is -0.354 e. The fraction of sp³-hybridized carbons (Fsp3) is 0.300. The first-order valence-corrected chi connectivity index (χ1v) is 4.45. The van der Waals surface area contributed by atoms with Crippen LogP contribution in [0.4, 0.5) is 0 Å². The van der Waals surface area contributed by atoms with Crippen LogP contribution >= 0.6 is 0 Å². The Balaban J connectivity index is 2.19. The molecule has 76 valence electrons. The zero-order valence-electron chi connectivity index (χ0n) is 7.90. The standard InChI is InChI=1S/C10H14N2O2/c11-14-8-10(13)12-7-6-9-4-2-1-3-5-9/h1-5H,6-8,11H2,(H,12,13). The molecule has 0 bridgehead atoms. The number of nitrogens with two attached hydrogens (primary N) is 1. The molecule has 0 heterocycles. The van der Waals surface area contributed by atoms with Crippen LogP contribution in [0.25, 0.3) is 0 Å². The number of nitrogens with one attached hydrogen (secondary N) is 1. The van der Waals surface area contributed by atoms with Crippen LogP contribution in [-0.4, -0.2) is 19.1 Å². The van der Waals surface area contributed by atoms with E-state index >= 15 is 0 Å². The summed E-state index contributed by atoms with van der Waals surface area (Å²) in [6.45, 7) is 0.515. The number of benzene rings is 1. The molecule has 0 aliphatic heterocycles. The van der Waals surface area contributed by atoms with Crippen LogP contribution in [-0.2, 0) is 16.1 Å². The molecule has 0 saturated heterocycles. The highest BCUT2D eigenvalue weighted by atomic mass is 16.6. The van der Waals surface area contributed by atoms with Crippen LogP contribution in [0.1, 0.15) is 5.56 Å². The molecule has 0 spiro atoms. The maximum absolute atomic E-state index is 10.9. The van der Waals surface area contributed by atoms with Crippen LogP contribution in [0.3, 0.4) is 0 Å². The van der Waals surface area contributed by atoms with Crippen LogP contribution in [0, 0.1) is 0 Å². The minimum atomic E-state index is -0.191. The Morgan fingerprint density at radius 2 is 2.07 bits per heavy atom. The van der Waals surface area contributed by atoms with Gasteiger partial charge in [-0.1, -0.05) is 30.3 Å². The lowest BCUT2D eigenvalue weighted by Gasteiger charge is -2.03. The summed E-state index contributed by atoms with van der Waals surface area (Å²) in [5.41, 5.74) is 1.20. The third-order valence-electron chi connectivity index (χ3n) is 1.79. The molecular weight excluding hydrogens is 180 g/mol. The number of amides is 1. The first kappa shape index (κ1) is 10.7. The smallest absolute Gasteiger partial charge is 0.248 e. The normalized spacial score (nSPS) is 9.79. The molecule has 0 aliphatic carbocycles. The molecular formula is C10H14N2O2. The molecule has 0 radical (unpaired) electrons. The van der Waals surface area contributed by atoms with Crippen molar-refractivity contribution in [2.24, 2.45) is 5.90 Å². The predicted octanol–water partition coefficient (Wildman–Crippen LogP) is 0.236. The molecule has 0 unspecified atom stereocenters. The summed E-state index contributed by atoms with van der Waals surface area (Å²) < 4.78 is 0. The molecule has 0 fully saturated rings. The Morgan fingerprint density at radius 3 is 2.71 bits per heavy atom. The van der Waals surface area contributed by atoms with Gasteiger partial charge in [-0.15, -0.1) is 0 Å². The van der Waals surface area contributed by atoms with Gasteiger partial charge >= 0.3 is 0 Å². The summed E-state index contributed by atoms with van der Waals surface area (Å²) in [7, 11) is 0. The maximum Gasteiger partial charge on any atom is 0.248 e. The SMILES string of the molecule is NOCC(=O)NCCc1ccccc1. The highest BCUT2D eigenvalue weighted by Crippen LogP contribution is 1.97. The summed E-state index contributed by atoms with van der Waals surface area (Å²) in [6, 6.07) is 9.95. The third-order valence-corrected chi connectivity index (χ3v) is 1.79. The lowest BCUT2D eigenvalue weighted by atomic mass is 10.1. The summed E-state index contributed by atoms with van der Waals surface area (Å²) >= 11 is 0. The van der Waals surface area contributed by atoms with Crippen molar-refractivity contribution in [3.63, 3.8) is 0 Å². The van der Waals surface area contributed by atoms with E-state index in [0.29, 0.717) is 6.54 Å². The predicted molar refractivity (Wildman–Crippen MR) is 53.3 cm³/mol. The number of rotatable bonds is 5. The molecule has 3 N–H and O–H groups in total. The molecule has 14 heavy (non-hydrogen) atoms. The zero-order chi connectivity index (χ0) is 10.2. The lowest BCUT2D eigenvalue weighted by molar-refractivity contribution is -0.125. The van der Waals surface area contributed by atoms with E-state index in [1.54, 1.807) is 0 Å². The van der Waals surface area contributed by atoms with Gasteiger partial charge in [-0.05, 0) is 12.0 Å². The van der Waals surface area contributed by atoms with Gasteiger partial charge < -0.3 is 5.32 Å². The number of carbonyl (C=O) groups is 1. The van der Waals surface area contributed by atoms with Gasteiger partial charge in [0.1, 0.15) is 6.61 Å². The van der Waals surface area contributed by atoms with E-state index in [1.807, 2.05) is 30.3 Å². The Labute approximate surface area is 83.0 Å². The van der Waals surface area contributed by atoms with E-state index in [4.69, 9.17) is 5.90 Å². The van der Waals surface area contributed by atoms with Crippen molar-refractivity contribution >= 4 is 5.91 Å². The second-order valence-corrected chi connectivity index (χ2v) is 2.90. The largest absolute Gasteiger partial charge is 0.354 e. The van der Waals surface area contributed by atoms with Crippen molar-refractivity contribution < 1.29 is 9.63 Å². The van der Waals surface area contributed by atoms with E-state index in [0.717, 1.165) is 6.42 Å². The summed E-state index contributed by atoms with van der Waals surface area (Å²) in [5, 5.41) is 2.69. The third kappa shape index (κ3) is 4.02. The Hall–Kier alpha value is -1.39. The van der Waals surface area contributed by atoms with E-state index in [9.17, 15) is 4.79 Å². The molecule has 0 aliphatic rings. The summed E-state index contributed by atoms with van der Waals surface area (Å²) in [5.74, 6) is 4.56. The molecule has 4 nitrogen and oxygen atoms in total. The topological polar surface area (TPSA) is 64.3 Å². The van der Waals surface area contributed by atoms with Crippen LogP contribution in [0.15, 0.2) is 30.3 Å². The first-order chi connectivity index (χ1) is 6.83. The Bertz CT molecular complexity index is 275. The van der Waals surface area contributed by atoms with Gasteiger partial charge in [-0.2, -0.15) is 0 Å². The van der Waals surface area contributed by atoms with Gasteiger partial charge in [0.25, 0.3) is 0 Å². The molecule has 1 amide bonds. The number of hydrogen-bond donors (Lipinski definition) is 2. The molecule has 4 heteroatoms. The van der Waals surface area contributed by atoms with Gasteiger partial charge in [0.05, 0.1) is 0 Å². The minimum absolute atomic E-state index is 0.0885. The average molecular weight is 194 g/mol. The van der Waals surface area contributed by atoms with Gasteiger partial charge in [0.2, 0.25) is 5.91 Å². The van der Waals surface area contributed by atoms with Gasteiger partial charge in [0, 0.05) is 6.54 Å². The fourth-order valence-corrected chi connectivity index (χ4v) is 1.12. The van der Waals surface area contributed by atoms with Crippen molar-refractivity contribution in [3.8, 4) is 0 Å². The lowest BCUT2D eigenvalue weighted by Crippen LogP contribution is -2.30. The molecule has 0 aromatic heterocycles. The van der Waals surface area contributed by atoms with Crippen LogP contribution in [0.2, 0.25) is 0 Å². The quantitative estimate of drug-likeness (QED) is 0.660. The summed E-state index contributed by atoms with van der Waals surface area (Å²) in [6.07, 6.45) is 0.817. The van der Waals surface area contributed by atoms with Gasteiger partial charge in [-0.25, -0.2) is 5.90 Å². The van der Waals surface area contributed by atoms with Crippen LogP contribution < -0.4 is 11.2 Å². The van der Waals surface area contributed by atoms with E-state index < -0.39 is 0 Å². The summed E-state index contributed by atoms with van der Waals surface area (Å²) in [4.78, 5) is 15.1. The monoisotopic (exact) mass is 194 g/mol. The van der Waals surface area contributed by atoms with Crippen molar-refractivity contribution in [3.05, 3.63) is 35.9 Å². The molecule has 1 aromatic rings. The van der Waals surface area contributed by atoms with E-state index in [1.165, 1.54) is 5.56 Å². The van der Waals surface area contributed by atoms with Crippen molar-refractivity contribution in [2.75, 3.05) is 13.2 Å². The molecule has 0 atom stereocenters. The van der Waals surface area contributed by atoms with Crippen molar-refractivity contribution in [1.82, 2.24) is 5.32 Å². The number of hydrogen-bond acceptors (Lipinski definition) is 3. The van der Waals surface area contributed by atoms with Crippen LogP contribution in [0.5, 0.6) is 0 Å². The average Bonchev–Trinajstić information content (AvgIpc) is 2.20. The number of carbonyl (C=O) groups excluding carboxylic acids is 1. The maximum atomic E-state index is 10.9. The van der Waals surface area contributed by atoms with E-state index in [2.05, 4.69) is 10.2 Å². The highest BCUT2D eigenvalue weighted by Gasteiger charge is 1.98. The fourth-order valence-electron chi connectivity index (χ4n) is 1.12. The van der Waals surface area contributed by atoms with Gasteiger partial charge in [-0.3, -0.25) is 9.63 Å². The Morgan fingerprint density at radius 1 is 1.36 bits per heavy atom. The molecule has 1 rings (SSSR count). The van der Waals surface area contributed by atoms with Crippen molar-refractivity contribution in [2.45, 2.75) is 6.42 Å². The first-order valence-electron chi connectivity index (χ1n) is 4.45. The second kappa shape index (κ2) is 6.12. The molecule has 1 aromatic carbocycles. The highest BCUT2D eigenvalue weighted by molar-refractivity contribution is 5.77. The van der Waals surface area contributed by atoms with Gasteiger partial charge in [0.15, 0.2) is 0 Å². The van der Waals surface area contributed by atoms with E-state index in [-0.39, 0.29) is 12.5 Å².